The van der Waals surface area contributed by atoms with Gasteiger partial charge < -0.3 is 10.2 Å². The fourth-order valence-corrected chi connectivity index (χ4v) is 2.47. The Kier molecular flexibility index (Phi) is 4.67. The normalized spacial score (nSPS) is 11.9. The van der Waals surface area contributed by atoms with Gasteiger partial charge in [-0.3, -0.25) is 4.79 Å². The van der Waals surface area contributed by atoms with Crippen LogP contribution in [0.15, 0.2) is 10.5 Å². The van der Waals surface area contributed by atoms with E-state index in [2.05, 4.69) is 15.9 Å². The van der Waals surface area contributed by atoms with Crippen LogP contribution >= 0.6 is 15.9 Å². The number of halogens is 1. The van der Waals surface area contributed by atoms with Crippen molar-refractivity contribution < 1.29 is 15.0 Å². The molecule has 106 valence electrons. The predicted octanol–water partition coefficient (Wildman–Crippen LogP) is 4.24. The second-order valence-corrected chi connectivity index (χ2v) is 6.77. The quantitative estimate of drug-likeness (QED) is 0.869. The highest BCUT2D eigenvalue weighted by Gasteiger charge is 2.30. The molecule has 0 saturated carbocycles. The zero-order valence-corrected chi connectivity index (χ0v) is 13.6. The maximum Gasteiger partial charge on any atom is 0.309 e. The second-order valence-electron chi connectivity index (χ2n) is 5.92. The Labute approximate surface area is 122 Å². The molecular formula is C15H21BrO3. The summed E-state index contributed by atoms with van der Waals surface area (Å²) in [6, 6.07) is 1.91. The van der Waals surface area contributed by atoms with Crippen molar-refractivity contribution in [2.45, 2.75) is 47.0 Å². The summed E-state index contributed by atoms with van der Waals surface area (Å²) in [7, 11) is 0. The number of benzene rings is 1. The SMILES string of the molecule is Cc1c(Br)cc(C(C)C)c(O)c1CC(C)(C)C(=O)O. The molecule has 0 bridgehead atoms. The summed E-state index contributed by atoms with van der Waals surface area (Å²) < 4.78 is 0.908. The molecule has 0 atom stereocenters. The first-order valence-corrected chi connectivity index (χ1v) is 7.11. The average molecular weight is 329 g/mol. The minimum atomic E-state index is -0.905. The molecule has 4 heteroatoms. The van der Waals surface area contributed by atoms with E-state index in [0.29, 0.717) is 12.0 Å². The van der Waals surface area contributed by atoms with Crippen LogP contribution in [0.2, 0.25) is 0 Å². The van der Waals surface area contributed by atoms with Gasteiger partial charge in [0, 0.05) is 4.47 Å². The van der Waals surface area contributed by atoms with Gasteiger partial charge in [-0.2, -0.15) is 0 Å². The number of aliphatic carboxylic acids is 1. The minimum absolute atomic E-state index is 0.184. The van der Waals surface area contributed by atoms with Gasteiger partial charge in [0.05, 0.1) is 5.41 Å². The van der Waals surface area contributed by atoms with E-state index in [4.69, 9.17) is 0 Å². The number of hydrogen-bond acceptors (Lipinski definition) is 2. The molecule has 0 aliphatic rings. The first-order valence-electron chi connectivity index (χ1n) is 6.32. The third-order valence-corrected chi connectivity index (χ3v) is 4.30. The number of phenols is 1. The summed E-state index contributed by atoms with van der Waals surface area (Å²) in [6.07, 6.45) is 0.305. The lowest BCUT2D eigenvalue weighted by Gasteiger charge is -2.23. The van der Waals surface area contributed by atoms with Gasteiger partial charge in [-0.15, -0.1) is 0 Å². The van der Waals surface area contributed by atoms with Crippen molar-refractivity contribution in [3.05, 3.63) is 27.2 Å². The summed E-state index contributed by atoms with van der Waals surface area (Å²) in [4.78, 5) is 11.3. The monoisotopic (exact) mass is 328 g/mol. The molecule has 1 aromatic rings. The molecule has 0 saturated heterocycles. The summed E-state index contributed by atoms with van der Waals surface area (Å²) in [5, 5.41) is 19.6. The molecule has 0 aliphatic carbocycles. The highest BCUT2D eigenvalue weighted by Crippen LogP contribution is 2.39. The van der Waals surface area contributed by atoms with Gasteiger partial charge >= 0.3 is 5.97 Å². The highest BCUT2D eigenvalue weighted by atomic mass is 79.9. The molecule has 1 aromatic carbocycles. The van der Waals surface area contributed by atoms with E-state index in [-0.39, 0.29) is 11.7 Å². The molecule has 3 nitrogen and oxygen atoms in total. The number of carboxylic acid groups (broad SMARTS) is 1. The zero-order valence-electron chi connectivity index (χ0n) is 12.0. The fraction of sp³-hybridized carbons (Fsp3) is 0.533. The van der Waals surface area contributed by atoms with Crippen LogP contribution in [0, 0.1) is 12.3 Å². The second kappa shape index (κ2) is 5.53. The van der Waals surface area contributed by atoms with Crippen molar-refractivity contribution in [3.63, 3.8) is 0 Å². The Bertz CT molecular complexity index is 505. The third-order valence-electron chi connectivity index (χ3n) is 3.47. The number of carboxylic acids is 1. The molecule has 0 spiro atoms. The van der Waals surface area contributed by atoms with Crippen molar-refractivity contribution in [2.75, 3.05) is 0 Å². The van der Waals surface area contributed by atoms with Crippen molar-refractivity contribution in [3.8, 4) is 5.75 Å². The van der Waals surface area contributed by atoms with E-state index < -0.39 is 11.4 Å². The molecule has 0 fully saturated rings. The first-order chi connectivity index (χ1) is 8.58. The molecule has 0 aliphatic heterocycles. The maximum atomic E-state index is 11.3. The fourth-order valence-electron chi connectivity index (χ4n) is 1.98. The van der Waals surface area contributed by atoms with Gasteiger partial charge in [0.15, 0.2) is 0 Å². The molecule has 1 rings (SSSR count). The lowest BCUT2D eigenvalue weighted by Crippen LogP contribution is -2.26. The molecular weight excluding hydrogens is 308 g/mol. The van der Waals surface area contributed by atoms with E-state index in [0.717, 1.165) is 15.6 Å². The van der Waals surface area contributed by atoms with Crippen molar-refractivity contribution in [2.24, 2.45) is 5.41 Å². The van der Waals surface area contributed by atoms with Crippen molar-refractivity contribution >= 4 is 21.9 Å². The molecule has 0 aromatic heterocycles. The number of rotatable bonds is 4. The predicted molar refractivity (Wildman–Crippen MR) is 79.8 cm³/mol. The van der Waals surface area contributed by atoms with Crippen LogP contribution in [0.1, 0.15) is 50.3 Å². The molecule has 0 radical (unpaired) electrons. The number of carbonyl (C=O) groups is 1. The van der Waals surface area contributed by atoms with Crippen LogP contribution < -0.4 is 0 Å². The number of phenolic OH excluding ortho intramolecular Hbond substituents is 1. The summed E-state index contributed by atoms with van der Waals surface area (Å²) in [5.74, 6) is -0.453. The highest BCUT2D eigenvalue weighted by molar-refractivity contribution is 9.10. The van der Waals surface area contributed by atoms with Gasteiger partial charge in [0.2, 0.25) is 0 Å². The molecule has 0 heterocycles. The average Bonchev–Trinajstić information content (AvgIpc) is 2.28. The summed E-state index contributed by atoms with van der Waals surface area (Å²) in [5.41, 5.74) is 1.55. The van der Waals surface area contributed by atoms with Crippen LogP contribution in [0.25, 0.3) is 0 Å². The van der Waals surface area contributed by atoms with Gasteiger partial charge in [0.1, 0.15) is 5.75 Å². The summed E-state index contributed by atoms with van der Waals surface area (Å²) in [6.45, 7) is 9.24. The third kappa shape index (κ3) is 3.30. The van der Waals surface area contributed by atoms with E-state index >= 15 is 0 Å². The van der Waals surface area contributed by atoms with E-state index in [9.17, 15) is 15.0 Å². The molecule has 19 heavy (non-hydrogen) atoms. The van der Waals surface area contributed by atoms with Crippen LogP contribution in [-0.4, -0.2) is 16.2 Å². The van der Waals surface area contributed by atoms with E-state index in [1.165, 1.54) is 0 Å². The zero-order chi connectivity index (χ0) is 15.0. The van der Waals surface area contributed by atoms with Crippen LogP contribution in [0.3, 0.4) is 0 Å². The molecule has 0 unspecified atom stereocenters. The Morgan fingerprint density at radius 2 is 1.95 bits per heavy atom. The summed E-state index contributed by atoms with van der Waals surface area (Å²) >= 11 is 3.49. The van der Waals surface area contributed by atoms with Gasteiger partial charge in [0.25, 0.3) is 0 Å². The lowest BCUT2D eigenvalue weighted by atomic mass is 9.82. The van der Waals surface area contributed by atoms with E-state index in [1.807, 2.05) is 26.8 Å². The Hall–Kier alpha value is -1.03. The largest absolute Gasteiger partial charge is 0.507 e. The minimum Gasteiger partial charge on any atom is -0.507 e. The van der Waals surface area contributed by atoms with E-state index in [1.54, 1.807) is 13.8 Å². The smallest absolute Gasteiger partial charge is 0.309 e. The van der Waals surface area contributed by atoms with Crippen LogP contribution in [-0.2, 0) is 11.2 Å². The maximum absolute atomic E-state index is 11.3. The van der Waals surface area contributed by atoms with Gasteiger partial charge in [-0.05, 0) is 55.9 Å². The Morgan fingerprint density at radius 3 is 2.37 bits per heavy atom. The Morgan fingerprint density at radius 1 is 1.42 bits per heavy atom. The van der Waals surface area contributed by atoms with Gasteiger partial charge in [-0.25, -0.2) is 0 Å². The lowest BCUT2D eigenvalue weighted by molar-refractivity contribution is -0.146. The Balaban J connectivity index is 3.39. The number of hydrogen-bond donors (Lipinski definition) is 2. The van der Waals surface area contributed by atoms with Crippen LogP contribution in [0.4, 0.5) is 0 Å². The van der Waals surface area contributed by atoms with Gasteiger partial charge in [-0.1, -0.05) is 29.8 Å². The van der Waals surface area contributed by atoms with Crippen molar-refractivity contribution in [1.82, 2.24) is 0 Å². The first kappa shape index (κ1) is 16.0. The topological polar surface area (TPSA) is 57.5 Å². The standard InChI is InChI=1S/C15H21BrO3/c1-8(2)10-6-12(16)9(3)11(13(10)17)7-15(4,5)14(18)19/h6,8,17H,7H2,1-5H3,(H,18,19). The van der Waals surface area contributed by atoms with Crippen LogP contribution in [0.5, 0.6) is 5.75 Å². The number of aromatic hydroxyl groups is 1. The molecule has 2 N–H and O–H groups in total. The molecule has 0 amide bonds. The van der Waals surface area contributed by atoms with Crippen molar-refractivity contribution in [1.29, 1.82) is 0 Å².